The van der Waals surface area contributed by atoms with Crippen LogP contribution in [0.15, 0.2) is 43.0 Å². The van der Waals surface area contributed by atoms with Crippen LogP contribution >= 0.6 is 0 Å². The molecule has 0 saturated carbocycles. The van der Waals surface area contributed by atoms with Crippen LogP contribution in [0.3, 0.4) is 0 Å². The van der Waals surface area contributed by atoms with Gasteiger partial charge >= 0.3 is 0 Å². The molecule has 0 atom stereocenters. The van der Waals surface area contributed by atoms with Crippen LogP contribution in [0.25, 0.3) is 16.3 Å². The van der Waals surface area contributed by atoms with E-state index in [4.69, 9.17) is 0 Å². The standard InChI is InChI=1S/C10H7N3O/c14-13-6-8-3-1-2-4-9(8)10-5-11-7-12(10)13/h1-7H. The average Bonchev–Trinajstić information content (AvgIpc) is 2.67. The summed E-state index contributed by atoms with van der Waals surface area (Å²) in [5.41, 5.74) is 0.832. The normalized spacial score (nSPS) is 11.1. The number of hydrogen-bond donors (Lipinski definition) is 0. The van der Waals surface area contributed by atoms with Gasteiger partial charge < -0.3 is 5.21 Å². The lowest BCUT2D eigenvalue weighted by Crippen LogP contribution is -2.34. The smallest absolute Gasteiger partial charge is 0.215 e. The van der Waals surface area contributed by atoms with E-state index in [0.29, 0.717) is 0 Å². The molecule has 3 aromatic rings. The third kappa shape index (κ3) is 0.821. The quantitative estimate of drug-likeness (QED) is 0.389. The minimum Gasteiger partial charge on any atom is -0.596 e. The van der Waals surface area contributed by atoms with Crippen LogP contribution < -0.4 is 4.85 Å². The maximum atomic E-state index is 11.5. The molecule has 0 unspecified atom stereocenters. The lowest BCUT2D eigenvalue weighted by Gasteiger charge is -2.01. The average molecular weight is 185 g/mol. The molecule has 0 spiro atoms. The highest BCUT2D eigenvalue weighted by atomic mass is 16.5. The van der Waals surface area contributed by atoms with Gasteiger partial charge in [0.25, 0.3) is 0 Å². The van der Waals surface area contributed by atoms with Crippen molar-refractivity contribution in [1.82, 2.24) is 9.50 Å². The Balaban J connectivity index is 2.66. The highest BCUT2D eigenvalue weighted by Gasteiger charge is 2.06. The second kappa shape index (κ2) is 2.45. The first-order chi connectivity index (χ1) is 6.86. The van der Waals surface area contributed by atoms with Crippen LogP contribution in [0.5, 0.6) is 0 Å². The fraction of sp³-hybridized carbons (Fsp3) is 0. The van der Waals surface area contributed by atoms with Crippen LogP contribution in [0.2, 0.25) is 0 Å². The number of benzene rings is 1. The van der Waals surface area contributed by atoms with Gasteiger partial charge in [-0.05, 0) is 6.07 Å². The Hall–Kier alpha value is -2.10. The second-order valence-electron chi connectivity index (χ2n) is 3.14. The van der Waals surface area contributed by atoms with E-state index in [-0.39, 0.29) is 0 Å². The molecule has 0 bridgehead atoms. The molecule has 4 heteroatoms. The SMILES string of the molecule is [O-][n+]1cc2ccccc2c2cncn21. The van der Waals surface area contributed by atoms with E-state index < -0.39 is 0 Å². The molecule has 2 aromatic heterocycles. The third-order valence-electron chi connectivity index (χ3n) is 2.32. The van der Waals surface area contributed by atoms with E-state index in [1.165, 1.54) is 10.8 Å². The topological polar surface area (TPSA) is 44.2 Å². The van der Waals surface area contributed by atoms with Gasteiger partial charge in [0.1, 0.15) is 5.52 Å². The van der Waals surface area contributed by atoms with E-state index in [9.17, 15) is 5.21 Å². The molecule has 1 aromatic carbocycles. The monoisotopic (exact) mass is 185 g/mol. The van der Waals surface area contributed by atoms with Crippen molar-refractivity contribution in [3.63, 3.8) is 0 Å². The van der Waals surface area contributed by atoms with E-state index >= 15 is 0 Å². The summed E-state index contributed by atoms with van der Waals surface area (Å²) in [5.74, 6) is 0. The number of rotatable bonds is 0. The molecule has 0 N–H and O–H groups in total. The maximum Gasteiger partial charge on any atom is 0.215 e. The summed E-state index contributed by atoms with van der Waals surface area (Å²) in [7, 11) is 0. The Labute approximate surface area is 79.6 Å². The predicted molar refractivity (Wildman–Crippen MR) is 51.7 cm³/mol. The first-order valence-corrected chi connectivity index (χ1v) is 4.29. The third-order valence-corrected chi connectivity index (χ3v) is 2.32. The van der Waals surface area contributed by atoms with Crippen molar-refractivity contribution in [2.45, 2.75) is 0 Å². The summed E-state index contributed by atoms with van der Waals surface area (Å²) in [5, 5.41) is 13.5. The van der Waals surface area contributed by atoms with Gasteiger partial charge in [0.2, 0.25) is 6.20 Å². The molecule has 0 saturated heterocycles. The Morgan fingerprint density at radius 1 is 1.29 bits per heavy atom. The molecule has 0 amide bonds. The molecule has 3 rings (SSSR count). The molecular weight excluding hydrogens is 178 g/mol. The fourth-order valence-corrected chi connectivity index (χ4v) is 1.66. The number of aromatic nitrogens is 3. The van der Waals surface area contributed by atoms with Gasteiger partial charge in [-0.25, -0.2) is 4.98 Å². The molecule has 2 heterocycles. The molecule has 4 nitrogen and oxygen atoms in total. The lowest BCUT2D eigenvalue weighted by atomic mass is 10.2. The van der Waals surface area contributed by atoms with E-state index in [1.54, 1.807) is 12.4 Å². The van der Waals surface area contributed by atoms with Crippen LogP contribution in [0.1, 0.15) is 0 Å². The van der Waals surface area contributed by atoms with Crippen molar-refractivity contribution >= 4 is 16.3 Å². The van der Waals surface area contributed by atoms with Crippen molar-refractivity contribution in [1.29, 1.82) is 0 Å². The van der Waals surface area contributed by atoms with Gasteiger partial charge in [-0.2, -0.15) is 0 Å². The number of hydrogen-bond acceptors (Lipinski definition) is 2. The zero-order valence-corrected chi connectivity index (χ0v) is 7.29. The van der Waals surface area contributed by atoms with Gasteiger partial charge in [0.05, 0.1) is 11.6 Å². The van der Waals surface area contributed by atoms with Crippen LogP contribution in [-0.4, -0.2) is 9.50 Å². The van der Waals surface area contributed by atoms with Gasteiger partial charge in [-0.3, -0.25) is 0 Å². The van der Waals surface area contributed by atoms with Crippen LogP contribution in [0, 0.1) is 5.21 Å². The largest absolute Gasteiger partial charge is 0.596 e. The minimum atomic E-state index is 0.782. The van der Waals surface area contributed by atoms with E-state index in [0.717, 1.165) is 21.1 Å². The Morgan fingerprint density at radius 2 is 2.14 bits per heavy atom. The Morgan fingerprint density at radius 3 is 3.07 bits per heavy atom. The molecule has 0 aliphatic rings. The highest BCUT2D eigenvalue weighted by molar-refractivity contribution is 5.93. The number of imidazole rings is 1. The molecule has 0 aliphatic heterocycles. The molecule has 0 radical (unpaired) electrons. The second-order valence-corrected chi connectivity index (χ2v) is 3.14. The Kier molecular flexibility index (Phi) is 1.28. The van der Waals surface area contributed by atoms with Gasteiger partial charge in [-0.15, -0.1) is 0 Å². The van der Waals surface area contributed by atoms with Crippen molar-refractivity contribution in [2.24, 2.45) is 0 Å². The van der Waals surface area contributed by atoms with Gasteiger partial charge in [-0.1, -0.05) is 27.6 Å². The first kappa shape index (κ1) is 7.32. The molecular formula is C10H7N3O. The molecule has 0 fully saturated rings. The summed E-state index contributed by atoms with van der Waals surface area (Å²) in [6, 6.07) is 7.75. The highest BCUT2D eigenvalue weighted by Crippen LogP contribution is 2.16. The summed E-state index contributed by atoms with van der Waals surface area (Å²) in [6.07, 6.45) is 4.75. The van der Waals surface area contributed by atoms with Gasteiger partial charge in [0, 0.05) is 5.39 Å². The maximum absolute atomic E-state index is 11.5. The fourth-order valence-electron chi connectivity index (χ4n) is 1.66. The van der Waals surface area contributed by atoms with Crippen LogP contribution in [-0.2, 0) is 0 Å². The van der Waals surface area contributed by atoms with Crippen molar-refractivity contribution in [2.75, 3.05) is 0 Å². The van der Waals surface area contributed by atoms with Crippen molar-refractivity contribution in [3.8, 4) is 0 Å². The summed E-state index contributed by atoms with van der Waals surface area (Å²) >= 11 is 0. The Bertz CT molecular complexity index is 615. The zero-order valence-electron chi connectivity index (χ0n) is 7.29. The van der Waals surface area contributed by atoms with Crippen LogP contribution in [0.4, 0.5) is 0 Å². The lowest BCUT2D eigenvalue weighted by molar-refractivity contribution is -0.678. The zero-order chi connectivity index (χ0) is 9.54. The number of fused-ring (bicyclic) bond motifs is 3. The summed E-state index contributed by atoms with van der Waals surface area (Å²) < 4.78 is 1.47. The minimum absolute atomic E-state index is 0.782. The van der Waals surface area contributed by atoms with Crippen molar-refractivity contribution < 1.29 is 4.85 Å². The molecule has 68 valence electrons. The summed E-state index contributed by atoms with van der Waals surface area (Å²) in [4.78, 5) is 4.74. The van der Waals surface area contributed by atoms with Crippen molar-refractivity contribution in [3.05, 3.63) is 48.2 Å². The molecule has 14 heavy (non-hydrogen) atoms. The molecule has 0 aliphatic carbocycles. The first-order valence-electron chi connectivity index (χ1n) is 4.29. The van der Waals surface area contributed by atoms with Gasteiger partial charge in [0.15, 0.2) is 6.33 Å². The van der Waals surface area contributed by atoms with E-state index in [1.807, 2.05) is 24.3 Å². The predicted octanol–water partition coefficient (Wildman–Crippen LogP) is 1.12. The summed E-state index contributed by atoms with van der Waals surface area (Å²) in [6.45, 7) is 0. The number of nitrogens with zero attached hydrogens (tertiary/aromatic N) is 3. The van der Waals surface area contributed by atoms with E-state index in [2.05, 4.69) is 4.98 Å².